The van der Waals surface area contributed by atoms with Gasteiger partial charge in [-0.2, -0.15) is 0 Å². The lowest BCUT2D eigenvalue weighted by molar-refractivity contribution is 0.0533. The second-order valence-electron chi connectivity index (χ2n) is 6.33. The molecule has 1 aromatic heterocycles. The van der Waals surface area contributed by atoms with Crippen LogP contribution in [-0.2, 0) is 0 Å². The van der Waals surface area contributed by atoms with Crippen molar-refractivity contribution < 1.29 is 9.59 Å². The number of carbonyl (C=O) groups is 2. The van der Waals surface area contributed by atoms with E-state index in [9.17, 15) is 9.59 Å². The predicted molar refractivity (Wildman–Crippen MR) is 100.0 cm³/mol. The lowest BCUT2D eigenvalue weighted by Crippen LogP contribution is -2.50. The van der Waals surface area contributed by atoms with E-state index in [0.717, 1.165) is 10.8 Å². The Morgan fingerprint density at radius 1 is 0.731 bits per heavy atom. The molecule has 3 aromatic rings. The van der Waals surface area contributed by atoms with Gasteiger partial charge in [-0.3, -0.25) is 14.6 Å². The molecule has 0 unspecified atom stereocenters. The molecule has 1 aliphatic rings. The van der Waals surface area contributed by atoms with Gasteiger partial charge in [-0.1, -0.05) is 42.5 Å². The average molecular weight is 345 g/mol. The molecular weight excluding hydrogens is 326 g/mol. The molecule has 1 saturated heterocycles. The summed E-state index contributed by atoms with van der Waals surface area (Å²) in [5.41, 5.74) is 1.16. The topological polar surface area (TPSA) is 53.5 Å². The molecule has 0 N–H and O–H groups in total. The number of rotatable bonds is 2. The second-order valence-corrected chi connectivity index (χ2v) is 6.33. The summed E-state index contributed by atoms with van der Waals surface area (Å²) in [5.74, 6) is -0.0606. The predicted octanol–water partition coefficient (Wildman–Crippen LogP) is 2.83. The Morgan fingerprint density at radius 3 is 2.12 bits per heavy atom. The lowest BCUT2D eigenvalue weighted by atomic mass is 10.0. The van der Waals surface area contributed by atoms with Crippen LogP contribution < -0.4 is 0 Å². The molecule has 0 atom stereocenters. The van der Waals surface area contributed by atoms with Gasteiger partial charge in [-0.15, -0.1) is 0 Å². The third-order valence-corrected chi connectivity index (χ3v) is 4.76. The van der Waals surface area contributed by atoms with Gasteiger partial charge in [0.25, 0.3) is 11.8 Å². The van der Waals surface area contributed by atoms with E-state index in [1.807, 2.05) is 47.4 Å². The summed E-state index contributed by atoms with van der Waals surface area (Å²) in [4.78, 5) is 33.2. The molecule has 130 valence electrons. The van der Waals surface area contributed by atoms with Crippen molar-refractivity contribution in [3.63, 3.8) is 0 Å². The van der Waals surface area contributed by atoms with Crippen molar-refractivity contribution >= 4 is 22.6 Å². The highest BCUT2D eigenvalue weighted by molar-refractivity contribution is 6.07. The van der Waals surface area contributed by atoms with E-state index in [1.165, 1.54) is 0 Å². The van der Waals surface area contributed by atoms with Gasteiger partial charge in [0.05, 0.1) is 0 Å². The summed E-state index contributed by atoms with van der Waals surface area (Å²) in [6.07, 6.45) is 1.62. The first-order valence-electron chi connectivity index (χ1n) is 8.71. The normalized spacial score (nSPS) is 14.5. The zero-order chi connectivity index (χ0) is 17.9. The van der Waals surface area contributed by atoms with Gasteiger partial charge in [0.2, 0.25) is 0 Å². The third-order valence-electron chi connectivity index (χ3n) is 4.76. The van der Waals surface area contributed by atoms with Crippen molar-refractivity contribution in [2.75, 3.05) is 26.2 Å². The van der Waals surface area contributed by atoms with Gasteiger partial charge >= 0.3 is 0 Å². The largest absolute Gasteiger partial charge is 0.335 e. The van der Waals surface area contributed by atoms with Crippen LogP contribution in [0.3, 0.4) is 0 Å². The van der Waals surface area contributed by atoms with Crippen LogP contribution in [0.25, 0.3) is 10.8 Å². The molecular formula is C21H19N3O2. The van der Waals surface area contributed by atoms with Crippen molar-refractivity contribution in [2.45, 2.75) is 0 Å². The lowest BCUT2D eigenvalue weighted by Gasteiger charge is -2.34. The minimum Gasteiger partial charge on any atom is -0.335 e. The number of carbonyl (C=O) groups excluding carboxylic acids is 2. The summed E-state index contributed by atoms with van der Waals surface area (Å²) < 4.78 is 0. The number of hydrogen-bond acceptors (Lipinski definition) is 3. The molecule has 2 aromatic carbocycles. The number of benzene rings is 2. The van der Waals surface area contributed by atoms with Crippen LogP contribution in [0.4, 0.5) is 0 Å². The Hall–Kier alpha value is -3.21. The summed E-state index contributed by atoms with van der Waals surface area (Å²) in [7, 11) is 0. The van der Waals surface area contributed by atoms with Gasteiger partial charge in [0.1, 0.15) is 5.69 Å². The molecule has 0 saturated carbocycles. The highest BCUT2D eigenvalue weighted by atomic mass is 16.2. The van der Waals surface area contributed by atoms with Crippen molar-refractivity contribution in [3.05, 3.63) is 78.1 Å². The van der Waals surface area contributed by atoms with Crippen LogP contribution in [0.1, 0.15) is 20.8 Å². The van der Waals surface area contributed by atoms with Crippen LogP contribution in [0.5, 0.6) is 0 Å². The molecule has 0 aliphatic carbocycles. The zero-order valence-corrected chi connectivity index (χ0v) is 14.3. The summed E-state index contributed by atoms with van der Waals surface area (Å²) in [6.45, 7) is 2.10. The van der Waals surface area contributed by atoms with Gasteiger partial charge in [0.15, 0.2) is 0 Å². The fourth-order valence-corrected chi connectivity index (χ4v) is 3.35. The highest BCUT2D eigenvalue weighted by Crippen LogP contribution is 2.21. The summed E-state index contributed by atoms with van der Waals surface area (Å²) in [6, 6.07) is 19.0. The van der Waals surface area contributed by atoms with E-state index in [2.05, 4.69) is 4.98 Å². The molecule has 0 bridgehead atoms. The van der Waals surface area contributed by atoms with Crippen molar-refractivity contribution in [2.24, 2.45) is 0 Å². The van der Waals surface area contributed by atoms with E-state index in [-0.39, 0.29) is 11.8 Å². The standard InChI is InChI=1S/C21H19N3O2/c25-20(18-9-5-7-16-6-1-2-8-17(16)18)23-12-14-24(15-13-23)21(26)19-10-3-4-11-22-19/h1-11H,12-15H2. The van der Waals surface area contributed by atoms with Crippen molar-refractivity contribution in [1.29, 1.82) is 0 Å². The molecule has 26 heavy (non-hydrogen) atoms. The Bertz CT molecular complexity index is 942. The quantitative estimate of drug-likeness (QED) is 0.718. The minimum atomic E-state index is -0.0807. The monoisotopic (exact) mass is 345 g/mol. The van der Waals surface area contributed by atoms with Crippen LogP contribution in [0, 0.1) is 0 Å². The Kier molecular flexibility index (Phi) is 4.35. The van der Waals surface area contributed by atoms with Gasteiger partial charge in [0, 0.05) is 37.9 Å². The first-order valence-corrected chi connectivity index (χ1v) is 8.71. The second kappa shape index (κ2) is 6.96. The highest BCUT2D eigenvalue weighted by Gasteiger charge is 2.26. The van der Waals surface area contributed by atoms with Gasteiger partial charge in [-0.25, -0.2) is 0 Å². The third kappa shape index (κ3) is 3.04. The van der Waals surface area contributed by atoms with E-state index in [4.69, 9.17) is 0 Å². The fourth-order valence-electron chi connectivity index (χ4n) is 3.35. The van der Waals surface area contributed by atoms with Crippen molar-refractivity contribution in [1.82, 2.24) is 14.8 Å². The van der Waals surface area contributed by atoms with E-state index < -0.39 is 0 Å². The van der Waals surface area contributed by atoms with Gasteiger partial charge < -0.3 is 9.80 Å². The Balaban J connectivity index is 1.48. The van der Waals surface area contributed by atoms with Crippen molar-refractivity contribution in [3.8, 4) is 0 Å². The van der Waals surface area contributed by atoms with Gasteiger partial charge in [-0.05, 0) is 29.0 Å². The minimum absolute atomic E-state index is 0.0201. The number of pyridine rings is 1. The smallest absolute Gasteiger partial charge is 0.272 e. The number of piperazine rings is 1. The molecule has 0 radical (unpaired) electrons. The molecule has 5 heteroatoms. The number of nitrogens with zero attached hydrogens (tertiary/aromatic N) is 3. The van der Waals surface area contributed by atoms with Crippen LogP contribution >= 0.6 is 0 Å². The SMILES string of the molecule is O=C(c1ccccn1)N1CCN(C(=O)c2cccc3ccccc23)CC1. The molecule has 0 spiro atoms. The molecule has 2 heterocycles. The molecule has 1 aliphatic heterocycles. The van der Waals surface area contributed by atoms with E-state index in [0.29, 0.717) is 37.4 Å². The fraction of sp³-hybridized carbons (Fsp3) is 0.190. The molecule has 1 fully saturated rings. The number of fused-ring (bicyclic) bond motifs is 1. The number of hydrogen-bond donors (Lipinski definition) is 0. The first-order chi connectivity index (χ1) is 12.7. The Labute approximate surface area is 151 Å². The summed E-state index contributed by atoms with van der Waals surface area (Å²) >= 11 is 0. The number of amides is 2. The summed E-state index contributed by atoms with van der Waals surface area (Å²) in [5, 5.41) is 2.02. The maximum absolute atomic E-state index is 13.0. The van der Waals surface area contributed by atoms with Crippen LogP contribution in [0.2, 0.25) is 0 Å². The van der Waals surface area contributed by atoms with E-state index in [1.54, 1.807) is 29.3 Å². The average Bonchev–Trinajstić information content (AvgIpc) is 2.73. The van der Waals surface area contributed by atoms with Crippen LogP contribution in [-0.4, -0.2) is 52.8 Å². The first kappa shape index (κ1) is 16.3. The molecule has 2 amide bonds. The number of aromatic nitrogens is 1. The Morgan fingerprint density at radius 2 is 1.38 bits per heavy atom. The molecule has 4 rings (SSSR count). The maximum atomic E-state index is 13.0. The molecule has 5 nitrogen and oxygen atoms in total. The van der Waals surface area contributed by atoms with E-state index >= 15 is 0 Å². The van der Waals surface area contributed by atoms with Crippen LogP contribution in [0.15, 0.2) is 66.9 Å². The zero-order valence-electron chi connectivity index (χ0n) is 14.3. The maximum Gasteiger partial charge on any atom is 0.272 e.